The number of sulfonamides is 1. The van der Waals surface area contributed by atoms with E-state index in [2.05, 4.69) is 10.3 Å². The minimum atomic E-state index is -3.56. The van der Waals surface area contributed by atoms with Crippen molar-refractivity contribution in [1.29, 1.82) is 0 Å². The Balaban J connectivity index is 2.73. The highest BCUT2D eigenvalue weighted by Crippen LogP contribution is 2.14. The minimum Gasteiger partial charge on any atom is -0.385 e. The molecule has 9 heteroatoms. The van der Waals surface area contributed by atoms with Crippen LogP contribution in [-0.2, 0) is 10.0 Å². The van der Waals surface area contributed by atoms with Gasteiger partial charge in [0.25, 0.3) is 6.43 Å². The third-order valence-electron chi connectivity index (χ3n) is 2.30. The summed E-state index contributed by atoms with van der Waals surface area (Å²) in [6.45, 7) is -0.371. The van der Waals surface area contributed by atoms with Crippen LogP contribution in [-0.4, -0.2) is 56.0 Å². The number of anilines is 1. The first kappa shape index (κ1) is 15.7. The number of aromatic nitrogens is 1. The normalized spacial score (nSPS) is 13.8. The fraction of sp³-hybridized carbons (Fsp3) is 0.500. The number of nitrogens with one attached hydrogen (secondary N) is 1. The van der Waals surface area contributed by atoms with Gasteiger partial charge in [-0.3, -0.25) is 0 Å². The summed E-state index contributed by atoms with van der Waals surface area (Å²) in [6.07, 6.45) is -3.53. The number of hydrogen-bond acceptors (Lipinski definition) is 5. The van der Waals surface area contributed by atoms with Gasteiger partial charge in [-0.15, -0.1) is 0 Å². The van der Waals surface area contributed by atoms with E-state index in [0.29, 0.717) is 0 Å². The van der Waals surface area contributed by atoms with Gasteiger partial charge in [-0.1, -0.05) is 0 Å². The highest BCUT2D eigenvalue weighted by atomic mass is 32.2. The maximum Gasteiger partial charge on any atom is 0.265 e. The summed E-state index contributed by atoms with van der Waals surface area (Å²) in [6, 6.07) is 2.65. The van der Waals surface area contributed by atoms with E-state index in [1.165, 1.54) is 26.2 Å². The molecule has 19 heavy (non-hydrogen) atoms. The Morgan fingerprint density at radius 2 is 2.05 bits per heavy atom. The van der Waals surface area contributed by atoms with Crippen molar-refractivity contribution in [2.45, 2.75) is 17.4 Å². The van der Waals surface area contributed by atoms with Crippen LogP contribution in [0.1, 0.15) is 0 Å². The van der Waals surface area contributed by atoms with E-state index < -0.39 is 22.6 Å². The number of aliphatic hydroxyl groups excluding tert-OH is 1. The van der Waals surface area contributed by atoms with E-state index >= 15 is 0 Å². The Labute approximate surface area is 110 Å². The van der Waals surface area contributed by atoms with E-state index in [0.717, 1.165) is 10.5 Å². The van der Waals surface area contributed by atoms with Crippen LogP contribution in [0.5, 0.6) is 0 Å². The predicted molar refractivity (Wildman–Crippen MR) is 65.6 cm³/mol. The molecule has 0 aliphatic heterocycles. The third-order valence-corrected chi connectivity index (χ3v) is 4.10. The third kappa shape index (κ3) is 4.08. The molecule has 0 fully saturated rings. The average molecular weight is 295 g/mol. The number of nitrogens with zero attached hydrogens (tertiary/aromatic N) is 2. The Morgan fingerprint density at radius 3 is 2.47 bits per heavy atom. The van der Waals surface area contributed by atoms with Crippen LogP contribution < -0.4 is 5.32 Å². The molecule has 1 unspecified atom stereocenters. The summed E-state index contributed by atoms with van der Waals surface area (Å²) >= 11 is 0. The van der Waals surface area contributed by atoms with Crippen molar-refractivity contribution in [2.24, 2.45) is 0 Å². The molecule has 0 saturated heterocycles. The highest BCUT2D eigenvalue weighted by molar-refractivity contribution is 7.89. The number of hydrogen-bond donors (Lipinski definition) is 2. The van der Waals surface area contributed by atoms with E-state index in [9.17, 15) is 17.2 Å². The highest BCUT2D eigenvalue weighted by Gasteiger charge is 2.18. The van der Waals surface area contributed by atoms with Crippen LogP contribution in [0.4, 0.5) is 14.6 Å². The first-order valence-electron chi connectivity index (χ1n) is 5.34. The summed E-state index contributed by atoms with van der Waals surface area (Å²) in [4.78, 5) is 3.78. The largest absolute Gasteiger partial charge is 0.385 e. The number of halogens is 2. The molecule has 0 radical (unpaired) electrons. The van der Waals surface area contributed by atoms with Crippen molar-refractivity contribution in [3.05, 3.63) is 18.3 Å². The summed E-state index contributed by atoms with van der Waals surface area (Å²) in [5, 5.41) is 11.4. The number of alkyl halides is 2. The quantitative estimate of drug-likeness (QED) is 0.792. The minimum absolute atomic E-state index is 0.00235. The zero-order valence-electron chi connectivity index (χ0n) is 10.4. The maximum atomic E-state index is 12.0. The lowest BCUT2D eigenvalue weighted by Crippen LogP contribution is -2.27. The average Bonchev–Trinajstić information content (AvgIpc) is 2.36. The SMILES string of the molecule is CN(C)S(=O)(=O)c1ccc(NCC(O)C(F)F)nc1. The van der Waals surface area contributed by atoms with Gasteiger partial charge in [0.2, 0.25) is 10.0 Å². The van der Waals surface area contributed by atoms with Crippen molar-refractivity contribution >= 4 is 15.8 Å². The van der Waals surface area contributed by atoms with Crippen molar-refractivity contribution in [3.8, 4) is 0 Å². The molecule has 2 N–H and O–H groups in total. The molecule has 0 spiro atoms. The zero-order valence-corrected chi connectivity index (χ0v) is 11.2. The molecule has 0 aliphatic carbocycles. The molecule has 0 amide bonds. The number of rotatable bonds is 6. The maximum absolute atomic E-state index is 12.0. The van der Waals surface area contributed by atoms with Gasteiger partial charge in [-0.25, -0.2) is 26.5 Å². The Morgan fingerprint density at radius 1 is 1.42 bits per heavy atom. The van der Waals surface area contributed by atoms with Crippen LogP contribution in [0.15, 0.2) is 23.2 Å². The molecule has 0 bridgehead atoms. The Bertz CT molecular complexity index is 505. The topological polar surface area (TPSA) is 82.5 Å². The van der Waals surface area contributed by atoms with Crippen LogP contribution in [0.25, 0.3) is 0 Å². The molecule has 0 aliphatic rings. The second kappa shape index (κ2) is 6.22. The molecule has 6 nitrogen and oxygen atoms in total. The molecule has 1 aromatic rings. The molecule has 0 aromatic carbocycles. The fourth-order valence-electron chi connectivity index (χ4n) is 1.15. The van der Waals surface area contributed by atoms with Gasteiger partial charge >= 0.3 is 0 Å². The summed E-state index contributed by atoms with van der Waals surface area (Å²) in [5.41, 5.74) is 0. The standard InChI is InChI=1S/C10H15F2N3O3S/c1-15(2)19(17,18)7-3-4-9(13-5-7)14-6-8(16)10(11)12/h3-5,8,10,16H,6H2,1-2H3,(H,13,14). The molecular weight excluding hydrogens is 280 g/mol. The van der Waals surface area contributed by atoms with E-state index in [4.69, 9.17) is 5.11 Å². The summed E-state index contributed by atoms with van der Waals surface area (Å²) in [7, 11) is -0.786. The monoisotopic (exact) mass is 295 g/mol. The molecule has 1 aromatic heterocycles. The first-order valence-corrected chi connectivity index (χ1v) is 6.78. The lowest BCUT2D eigenvalue weighted by Gasteiger charge is -2.13. The molecule has 0 saturated carbocycles. The van der Waals surface area contributed by atoms with Gasteiger partial charge in [0, 0.05) is 26.8 Å². The molecule has 1 rings (SSSR count). The summed E-state index contributed by atoms with van der Waals surface area (Å²) < 4.78 is 48.6. The number of pyridine rings is 1. The first-order chi connectivity index (χ1) is 8.75. The van der Waals surface area contributed by atoms with Gasteiger partial charge < -0.3 is 10.4 Å². The lowest BCUT2D eigenvalue weighted by atomic mass is 10.3. The lowest BCUT2D eigenvalue weighted by molar-refractivity contribution is 0.00381. The Kier molecular flexibility index (Phi) is 5.15. The van der Waals surface area contributed by atoms with Crippen molar-refractivity contribution < 1.29 is 22.3 Å². The van der Waals surface area contributed by atoms with Gasteiger partial charge in [0.05, 0.1) is 0 Å². The second-order valence-corrected chi connectivity index (χ2v) is 6.10. The summed E-state index contributed by atoms with van der Waals surface area (Å²) in [5.74, 6) is 0.206. The van der Waals surface area contributed by atoms with Gasteiger partial charge in [-0.2, -0.15) is 0 Å². The second-order valence-electron chi connectivity index (χ2n) is 3.95. The van der Waals surface area contributed by atoms with E-state index in [1.54, 1.807) is 0 Å². The zero-order chi connectivity index (χ0) is 14.6. The molecular formula is C10H15F2N3O3S. The van der Waals surface area contributed by atoms with Gasteiger partial charge in [-0.05, 0) is 12.1 Å². The van der Waals surface area contributed by atoms with Crippen molar-refractivity contribution in [1.82, 2.24) is 9.29 Å². The van der Waals surface area contributed by atoms with E-state index in [-0.39, 0.29) is 17.3 Å². The van der Waals surface area contributed by atoms with Crippen LogP contribution in [0.2, 0.25) is 0 Å². The fourth-order valence-corrected chi connectivity index (χ4v) is 1.99. The van der Waals surface area contributed by atoms with Crippen molar-refractivity contribution in [2.75, 3.05) is 26.0 Å². The van der Waals surface area contributed by atoms with Gasteiger partial charge in [0.1, 0.15) is 16.8 Å². The number of aliphatic hydroxyl groups is 1. The smallest absolute Gasteiger partial charge is 0.265 e. The van der Waals surface area contributed by atoms with Crippen LogP contribution in [0, 0.1) is 0 Å². The van der Waals surface area contributed by atoms with Crippen molar-refractivity contribution in [3.63, 3.8) is 0 Å². The molecule has 108 valence electrons. The molecule has 1 heterocycles. The van der Waals surface area contributed by atoms with Crippen LogP contribution in [0.3, 0.4) is 0 Å². The predicted octanol–water partition coefficient (Wildman–Crippen LogP) is 0.370. The van der Waals surface area contributed by atoms with E-state index in [1.807, 2.05) is 0 Å². The molecule has 1 atom stereocenters. The Hall–Kier alpha value is -1.32. The van der Waals surface area contributed by atoms with Gasteiger partial charge in [0.15, 0.2) is 0 Å². The van der Waals surface area contributed by atoms with Crippen LogP contribution >= 0.6 is 0 Å².